The molecule has 0 atom stereocenters. The molecule has 0 radical (unpaired) electrons. The van der Waals surface area contributed by atoms with Crippen LogP contribution in [-0.2, 0) is 11.3 Å². The van der Waals surface area contributed by atoms with Gasteiger partial charge in [-0.2, -0.15) is 0 Å². The fourth-order valence-corrected chi connectivity index (χ4v) is 3.86. The summed E-state index contributed by atoms with van der Waals surface area (Å²) in [4.78, 5) is 12.9. The summed E-state index contributed by atoms with van der Waals surface area (Å²) in [6.07, 6.45) is 0. The molecule has 0 spiro atoms. The Morgan fingerprint density at radius 1 is 0.906 bits per heavy atom. The van der Waals surface area contributed by atoms with E-state index in [1.54, 1.807) is 7.11 Å². The molecule has 32 heavy (non-hydrogen) atoms. The summed E-state index contributed by atoms with van der Waals surface area (Å²) in [6.45, 7) is 6.58. The van der Waals surface area contributed by atoms with Crippen molar-refractivity contribution in [3.8, 4) is 17.2 Å². The lowest BCUT2D eigenvalue weighted by molar-refractivity contribution is 0.0527. The summed E-state index contributed by atoms with van der Waals surface area (Å²) in [6, 6.07) is 21.9. The van der Waals surface area contributed by atoms with Crippen LogP contribution in [0.2, 0.25) is 0 Å². The molecule has 1 heterocycles. The number of rotatable bonds is 7. The molecule has 4 rings (SSSR count). The van der Waals surface area contributed by atoms with Crippen LogP contribution in [0, 0.1) is 13.8 Å². The van der Waals surface area contributed by atoms with E-state index in [1.807, 2.05) is 56.3 Å². The number of aryl methyl sites for hydroxylation is 1. The van der Waals surface area contributed by atoms with Gasteiger partial charge in [0.05, 0.1) is 24.8 Å². The maximum atomic E-state index is 12.9. The minimum Gasteiger partial charge on any atom is -0.497 e. The summed E-state index contributed by atoms with van der Waals surface area (Å²) in [5.74, 6) is 1.15. The van der Waals surface area contributed by atoms with Gasteiger partial charge in [0.2, 0.25) is 0 Å². The second-order valence-corrected chi connectivity index (χ2v) is 7.67. The average molecular weight is 430 g/mol. The van der Waals surface area contributed by atoms with Crippen LogP contribution in [0.15, 0.2) is 66.7 Å². The number of hydrogen-bond acceptors (Lipinski definition) is 4. The Bertz CT molecular complexity index is 1240. The van der Waals surface area contributed by atoms with Crippen LogP contribution in [0.3, 0.4) is 0 Å². The van der Waals surface area contributed by atoms with Crippen molar-refractivity contribution in [2.75, 3.05) is 13.7 Å². The molecule has 0 aliphatic carbocycles. The lowest BCUT2D eigenvalue weighted by Gasteiger charge is -2.10. The predicted molar refractivity (Wildman–Crippen MR) is 126 cm³/mol. The predicted octanol–water partition coefficient (Wildman–Crippen LogP) is 6.01. The zero-order valence-electron chi connectivity index (χ0n) is 18.8. The van der Waals surface area contributed by atoms with Crippen molar-refractivity contribution in [3.63, 3.8) is 0 Å². The van der Waals surface area contributed by atoms with Crippen LogP contribution in [0.5, 0.6) is 11.5 Å². The Morgan fingerprint density at radius 3 is 2.25 bits per heavy atom. The van der Waals surface area contributed by atoms with Crippen molar-refractivity contribution in [1.29, 1.82) is 0 Å². The summed E-state index contributed by atoms with van der Waals surface area (Å²) in [5.41, 5.74) is 5.53. The number of benzene rings is 3. The van der Waals surface area contributed by atoms with E-state index in [2.05, 4.69) is 35.8 Å². The first-order valence-corrected chi connectivity index (χ1v) is 10.7. The first-order chi connectivity index (χ1) is 15.5. The Hall–Kier alpha value is -3.73. The third kappa shape index (κ3) is 4.19. The first kappa shape index (κ1) is 21.5. The third-order valence-corrected chi connectivity index (χ3v) is 5.51. The average Bonchev–Trinajstić information content (AvgIpc) is 3.10. The third-order valence-electron chi connectivity index (χ3n) is 5.51. The van der Waals surface area contributed by atoms with Gasteiger partial charge in [-0.15, -0.1) is 0 Å². The number of esters is 1. The van der Waals surface area contributed by atoms with Crippen molar-refractivity contribution >= 4 is 16.9 Å². The summed E-state index contributed by atoms with van der Waals surface area (Å²) in [7, 11) is 1.64. The lowest BCUT2D eigenvalue weighted by Crippen LogP contribution is -2.07. The van der Waals surface area contributed by atoms with Gasteiger partial charge in [0.1, 0.15) is 18.1 Å². The molecule has 5 heteroatoms. The summed E-state index contributed by atoms with van der Waals surface area (Å²) >= 11 is 0. The van der Waals surface area contributed by atoms with E-state index < -0.39 is 0 Å². The molecule has 0 amide bonds. The molecule has 0 aliphatic rings. The summed E-state index contributed by atoms with van der Waals surface area (Å²) in [5, 5.41) is 0.804. The van der Waals surface area contributed by atoms with E-state index in [0.29, 0.717) is 24.5 Å². The van der Waals surface area contributed by atoms with Crippen LogP contribution >= 0.6 is 0 Å². The van der Waals surface area contributed by atoms with Crippen molar-refractivity contribution in [2.24, 2.45) is 0 Å². The zero-order chi connectivity index (χ0) is 22.7. The van der Waals surface area contributed by atoms with Crippen LogP contribution in [0.25, 0.3) is 16.6 Å². The second-order valence-electron chi connectivity index (χ2n) is 7.67. The molecule has 0 saturated carbocycles. The number of hydrogen-bond donors (Lipinski definition) is 0. The van der Waals surface area contributed by atoms with Crippen molar-refractivity contribution < 1.29 is 19.0 Å². The van der Waals surface area contributed by atoms with Gasteiger partial charge < -0.3 is 18.8 Å². The summed E-state index contributed by atoms with van der Waals surface area (Å²) < 4.78 is 18.8. The molecular weight excluding hydrogens is 402 g/mol. The van der Waals surface area contributed by atoms with Gasteiger partial charge in [0, 0.05) is 16.8 Å². The maximum absolute atomic E-state index is 12.9. The van der Waals surface area contributed by atoms with Gasteiger partial charge in [-0.05, 0) is 68.8 Å². The van der Waals surface area contributed by atoms with Crippen molar-refractivity contribution in [3.05, 3.63) is 89.1 Å². The van der Waals surface area contributed by atoms with Gasteiger partial charge >= 0.3 is 5.97 Å². The minimum atomic E-state index is -0.335. The second kappa shape index (κ2) is 9.18. The van der Waals surface area contributed by atoms with Gasteiger partial charge in [-0.3, -0.25) is 0 Å². The number of carbonyl (C=O) groups is 1. The molecule has 0 aliphatic heterocycles. The molecule has 3 aromatic carbocycles. The Morgan fingerprint density at radius 2 is 1.59 bits per heavy atom. The topological polar surface area (TPSA) is 49.7 Å². The molecule has 0 bridgehead atoms. The smallest absolute Gasteiger partial charge is 0.340 e. The number of nitrogens with zero attached hydrogens (tertiary/aromatic N) is 1. The van der Waals surface area contributed by atoms with Gasteiger partial charge in [-0.1, -0.05) is 29.8 Å². The van der Waals surface area contributed by atoms with E-state index in [-0.39, 0.29) is 5.97 Å². The first-order valence-electron chi connectivity index (χ1n) is 10.7. The fourth-order valence-electron chi connectivity index (χ4n) is 3.86. The molecule has 0 unspecified atom stereocenters. The van der Waals surface area contributed by atoms with E-state index >= 15 is 0 Å². The van der Waals surface area contributed by atoms with Gasteiger partial charge in [0.25, 0.3) is 0 Å². The van der Waals surface area contributed by atoms with E-state index in [0.717, 1.165) is 33.6 Å². The van der Waals surface area contributed by atoms with E-state index in [1.165, 1.54) is 5.56 Å². The number of aromatic nitrogens is 1. The van der Waals surface area contributed by atoms with Crippen LogP contribution in [0.4, 0.5) is 0 Å². The van der Waals surface area contributed by atoms with E-state index in [9.17, 15) is 4.79 Å². The van der Waals surface area contributed by atoms with Gasteiger partial charge in [0.15, 0.2) is 0 Å². The fraction of sp³-hybridized carbons (Fsp3) is 0.222. The SMILES string of the molecule is CCOC(=O)c1c(C)n(-c2ccc(OC)cc2)c2ccc(OCc3ccc(C)cc3)cc12. The number of methoxy groups -OCH3 is 1. The highest BCUT2D eigenvalue weighted by Gasteiger charge is 2.22. The highest BCUT2D eigenvalue weighted by Crippen LogP contribution is 2.33. The molecule has 1 aromatic heterocycles. The largest absolute Gasteiger partial charge is 0.497 e. The number of fused-ring (bicyclic) bond motifs is 1. The molecule has 4 aromatic rings. The molecular formula is C27H27NO4. The number of carbonyl (C=O) groups excluding carboxylic acids is 1. The Balaban J connectivity index is 1.76. The van der Waals surface area contributed by atoms with Crippen LogP contribution < -0.4 is 9.47 Å². The molecule has 5 nitrogen and oxygen atoms in total. The number of ether oxygens (including phenoxy) is 3. The monoisotopic (exact) mass is 429 g/mol. The van der Waals surface area contributed by atoms with Crippen molar-refractivity contribution in [2.45, 2.75) is 27.4 Å². The Kier molecular flexibility index (Phi) is 6.17. The minimum absolute atomic E-state index is 0.317. The standard InChI is InChI=1S/C27H27NO4/c1-5-31-27(29)26-19(3)28(21-10-12-22(30-4)13-11-21)25-15-14-23(16-24(25)26)32-17-20-8-6-18(2)7-9-20/h6-16H,5,17H2,1-4H3. The molecule has 0 fully saturated rings. The van der Waals surface area contributed by atoms with Crippen molar-refractivity contribution in [1.82, 2.24) is 4.57 Å². The van der Waals surface area contributed by atoms with Crippen LogP contribution in [0.1, 0.15) is 34.1 Å². The molecule has 164 valence electrons. The van der Waals surface area contributed by atoms with Crippen LogP contribution in [-0.4, -0.2) is 24.3 Å². The van der Waals surface area contributed by atoms with Gasteiger partial charge in [-0.25, -0.2) is 4.79 Å². The van der Waals surface area contributed by atoms with E-state index in [4.69, 9.17) is 14.2 Å². The Labute approximate surface area is 188 Å². The molecule has 0 N–H and O–H groups in total. The highest BCUT2D eigenvalue weighted by molar-refractivity contribution is 6.07. The zero-order valence-corrected chi connectivity index (χ0v) is 18.8. The maximum Gasteiger partial charge on any atom is 0.340 e. The highest BCUT2D eigenvalue weighted by atomic mass is 16.5. The lowest BCUT2D eigenvalue weighted by atomic mass is 10.1. The molecule has 0 saturated heterocycles. The normalized spacial score (nSPS) is 10.9. The quantitative estimate of drug-likeness (QED) is 0.338.